The molecule has 1 saturated heterocycles. The van der Waals surface area contributed by atoms with Gasteiger partial charge in [-0.2, -0.15) is 39.5 Å². The van der Waals surface area contributed by atoms with Crippen molar-refractivity contribution in [2.45, 2.75) is 70.7 Å². The zero-order valence-electron chi connectivity index (χ0n) is 27.8. The molecule has 2 atom stereocenters. The van der Waals surface area contributed by atoms with Crippen LogP contribution in [0.2, 0.25) is 0 Å². The van der Waals surface area contributed by atoms with Crippen LogP contribution in [0.1, 0.15) is 84.4 Å². The normalized spacial score (nSPS) is 19.6. The molecule has 3 aromatic rings. The number of amides is 1. The van der Waals surface area contributed by atoms with Crippen LogP contribution in [0.4, 0.5) is 48.7 Å². The number of carboxylic acid groups (broad SMARTS) is 1. The number of benzene rings is 2. The monoisotopic (exact) mass is 748 g/mol. The first-order valence-electron chi connectivity index (χ1n) is 15.6. The number of nitrogens with zero attached hydrogens (tertiary/aromatic N) is 2. The molecule has 1 fully saturated rings. The lowest BCUT2D eigenvalue weighted by atomic mass is 9.72. The van der Waals surface area contributed by atoms with E-state index in [1.54, 1.807) is 0 Å². The third-order valence-electron chi connectivity index (χ3n) is 9.21. The van der Waals surface area contributed by atoms with Crippen molar-refractivity contribution in [2.24, 2.45) is 5.41 Å². The van der Waals surface area contributed by atoms with Gasteiger partial charge in [-0.15, -0.1) is 0 Å². The number of rotatable bonds is 7. The zero-order chi connectivity index (χ0) is 38.7. The van der Waals surface area contributed by atoms with Gasteiger partial charge in [-0.25, -0.2) is 19.0 Å². The lowest BCUT2D eigenvalue weighted by Crippen LogP contribution is -2.35. The maximum absolute atomic E-state index is 15.4. The fraction of sp³-hybridized carbons (Fsp3) is 0.400. The average Bonchev–Trinajstić information content (AvgIpc) is 3.31. The first kappa shape index (κ1) is 38.4. The van der Waals surface area contributed by atoms with Gasteiger partial charge in [0.25, 0.3) is 0 Å². The zero-order valence-corrected chi connectivity index (χ0v) is 27.8. The number of hydrogen-bond donors (Lipinski definition) is 1. The Morgan fingerprint density at radius 2 is 1.58 bits per heavy atom. The van der Waals surface area contributed by atoms with E-state index in [1.807, 2.05) is 13.8 Å². The highest BCUT2D eigenvalue weighted by atomic mass is 19.4. The Morgan fingerprint density at radius 3 is 2.12 bits per heavy atom. The van der Waals surface area contributed by atoms with Gasteiger partial charge in [0.1, 0.15) is 11.9 Å². The van der Waals surface area contributed by atoms with Crippen molar-refractivity contribution in [1.29, 1.82) is 0 Å². The van der Waals surface area contributed by atoms with Crippen LogP contribution in [0.3, 0.4) is 0 Å². The number of alkyl halides is 9. The third-order valence-corrected chi connectivity index (χ3v) is 9.21. The molecule has 1 aliphatic heterocycles. The highest BCUT2D eigenvalue weighted by molar-refractivity contribution is 5.89. The standard InChI is InChI=1S/C35H30F10N2O5/c1-16-29(17-9-19(33(37,38)39)11-20(10-17)34(40,41)42)52-31(50)47(16)15-18-14-32(2,3)7-5-21(18)24-12-23(25(35(43,44)45)13-26(24)51-4)22-6-8-46-28(27(22)36)30(48)49/h6,8-13,16,29H,5,7,14-15H2,1-4H3,(H,48,49)/t16-,29-/m0/s1. The van der Waals surface area contributed by atoms with Crippen molar-refractivity contribution in [3.8, 4) is 16.9 Å². The number of aromatic carboxylic acids is 1. The Labute approximate surface area is 289 Å². The number of pyridine rings is 1. The maximum Gasteiger partial charge on any atom is 0.417 e. The van der Waals surface area contributed by atoms with Gasteiger partial charge >= 0.3 is 30.6 Å². The highest BCUT2D eigenvalue weighted by Gasteiger charge is 2.45. The molecule has 52 heavy (non-hydrogen) atoms. The summed E-state index contributed by atoms with van der Waals surface area (Å²) in [6.45, 7) is 4.86. The smallest absolute Gasteiger partial charge is 0.417 e. The Bertz CT molecular complexity index is 1920. The lowest BCUT2D eigenvalue weighted by molar-refractivity contribution is -0.143. The summed E-state index contributed by atoms with van der Waals surface area (Å²) in [5, 5.41) is 9.36. The van der Waals surface area contributed by atoms with E-state index in [0.717, 1.165) is 30.3 Å². The summed E-state index contributed by atoms with van der Waals surface area (Å²) < 4.78 is 151. The molecule has 1 N–H and O–H groups in total. The van der Waals surface area contributed by atoms with E-state index < -0.39 is 93.0 Å². The minimum atomic E-state index is -5.15. The molecule has 2 heterocycles. The minimum absolute atomic E-state index is 0.0457. The average molecular weight is 749 g/mol. The summed E-state index contributed by atoms with van der Waals surface area (Å²) in [5.41, 5.74) is -7.13. The van der Waals surface area contributed by atoms with Gasteiger partial charge in [0, 0.05) is 23.9 Å². The van der Waals surface area contributed by atoms with Crippen LogP contribution in [0.15, 0.2) is 48.2 Å². The van der Waals surface area contributed by atoms with E-state index in [1.165, 1.54) is 6.92 Å². The predicted octanol–water partition coefficient (Wildman–Crippen LogP) is 10.2. The van der Waals surface area contributed by atoms with E-state index in [0.29, 0.717) is 35.8 Å². The molecule has 1 aliphatic carbocycles. The Morgan fingerprint density at radius 1 is 0.962 bits per heavy atom. The van der Waals surface area contributed by atoms with Crippen LogP contribution in [0, 0.1) is 11.2 Å². The predicted molar refractivity (Wildman–Crippen MR) is 165 cm³/mol. The van der Waals surface area contributed by atoms with Crippen LogP contribution >= 0.6 is 0 Å². The van der Waals surface area contributed by atoms with E-state index in [-0.39, 0.29) is 36.8 Å². The number of carboxylic acids is 1. The fourth-order valence-corrected chi connectivity index (χ4v) is 6.64. The minimum Gasteiger partial charge on any atom is -0.496 e. The summed E-state index contributed by atoms with van der Waals surface area (Å²) in [5.74, 6) is -3.61. The van der Waals surface area contributed by atoms with Gasteiger partial charge in [-0.05, 0) is 90.3 Å². The lowest BCUT2D eigenvalue weighted by Gasteiger charge is -2.36. The number of halogens is 10. The quantitative estimate of drug-likeness (QED) is 0.242. The van der Waals surface area contributed by atoms with Crippen molar-refractivity contribution in [2.75, 3.05) is 13.7 Å². The molecule has 0 saturated carbocycles. The first-order valence-corrected chi connectivity index (χ1v) is 15.6. The largest absolute Gasteiger partial charge is 0.496 e. The molecule has 0 radical (unpaired) electrons. The van der Waals surface area contributed by atoms with E-state index >= 15 is 4.39 Å². The van der Waals surface area contributed by atoms with Gasteiger partial charge in [0.15, 0.2) is 11.5 Å². The number of allylic oxidation sites excluding steroid dienone is 1. The topological polar surface area (TPSA) is 89.0 Å². The van der Waals surface area contributed by atoms with Crippen molar-refractivity contribution < 1.29 is 68.1 Å². The molecule has 2 aromatic carbocycles. The fourth-order valence-electron chi connectivity index (χ4n) is 6.64. The molecular weight excluding hydrogens is 718 g/mol. The second-order valence-corrected chi connectivity index (χ2v) is 13.4. The van der Waals surface area contributed by atoms with E-state index in [9.17, 15) is 54.2 Å². The molecular formula is C35H30F10N2O5. The van der Waals surface area contributed by atoms with Gasteiger partial charge in [-0.1, -0.05) is 13.8 Å². The van der Waals surface area contributed by atoms with Crippen LogP contribution in [0.25, 0.3) is 16.7 Å². The van der Waals surface area contributed by atoms with Gasteiger partial charge in [-0.3, -0.25) is 4.90 Å². The molecule has 280 valence electrons. The molecule has 0 spiro atoms. The Hall–Kier alpha value is -4.83. The van der Waals surface area contributed by atoms with Crippen LogP contribution in [-0.2, 0) is 23.3 Å². The SMILES string of the molecule is COc1cc(C(F)(F)F)c(-c2ccnc(C(=O)O)c2F)cc1C1=C(CN2C(=O)O[C@H](c3cc(C(F)(F)F)cc(C(F)(F)F)c3)[C@@H]2C)CC(C)(C)CC1. The van der Waals surface area contributed by atoms with Crippen molar-refractivity contribution in [3.63, 3.8) is 0 Å². The molecule has 5 rings (SSSR count). The number of ether oxygens (including phenoxy) is 2. The molecule has 1 aromatic heterocycles. The van der Waals surface area contributed by atoms with Gasteiger partial charge in [0.05, 0.1) is 29.8 Å². The number of carbonyl (C=O) groups is 2. The first-order chi connectivity index (χ1) is 23.9. The van der Waals surface area contributed by atoms with Gasteiger partial charge in [0.2, 0.25) is 0 Å². The van der Waals surface area contributed by atoms with Crippen molar-refractivity contribution in [3.05, 3.63) is 87.5 Å². The number of methoxy groups -OCH3 is 1. The second kappa shape index (κ2) is 13.3. The molecule has 0 unspecified atom stereocenters. The number of hydrogen-bond acceptors (Lipinski definition) is 5. The summed E-state index contributed by atoms with van der Waals surface area (Å²) in [4.78, 5) is 29.3. The van der Waals surface area contributed by atoms with Gasteiger partial charge < -0.3 is 14.6 Å². The Kier molecular flexibility index (Phi) is 9.82. The highest BCUT2D eigenvalue weighted by Crippen LogP contribution is 2.49. The van der Waals surface area contributed by atoms with E-state index in [4.69, 9.17) is 9.47 Å². The summed E-state index contributed by atoms with van der Waals surface area (Å²) in [7, 11) is 1.11. The molecule has 2 aliphatic rings. The number of cyclic esters (lactones) is 1. The van der Waals surface area contributed by atoms with Crippen LogP contribution < -0.4 is 4.74 Å². The molecule has 7 nitrogen and oxygen atoms in total. The van der Waals surface area contributed by atoms with Crippen molar-refractivity contribution >= 4 is 17.6 Å². The molecule has 17 heteroatoms. The molecule has 1 amide bonds. The maximum atomic E-state index is 15.4. The number of aromatic nitrogens is 1. The van der Waals surface area contributed by atoms with Crippen molar-refractivity contribution in [1.82, 2.24) is 9.88 Å². The van der Waals surface area contributed by atoms with Crippen LogP contribution in [-0.4, -0.2) is 46.7 Å². The Balaban J connectivity index is 1.64. The molecule has 0 bridgehead atoms. The summed E-state index contributed by atoms with van der Waals surface area (Å²) >= 11 is 0. The summed E-state index contributed by atoms with van der Waals surface area (Å²) in [6, 6.07) is 2.34. The second-order valence-electron chi connectivity index (χ2n) is 13.4. The third kappa shape index (κ3) is 7.53. The summed E-state index contributed by atoms with van der Waals surface area (Å²) in [6.07, 6.45) is -16.2. The van der Waals surface area contributed by atoms with E-state index in [2.05, 4.69) is 4.98 Å². The number of carbonyl (C=O) groups excluding carboxylic acids is 1. The van der Waals surface area contributed by atoms with Crippen LogP contribution in [0.5, 0.6) is 5.75 Å².